The van der Waals surface area contributed by atoms with Crippen molar-refractivity contribution >= 4 is 40.3 Å². The standard InChI is InChI=1S/C22H25Cl2N4/c1-4-6-16(7-5-2)27-10-11-28-22-19(27)12-14(3)25-21(22)20(26-28)17-9-8-15(23)13-18(17)24/h8-13,16,22H,4-7H2,1-3H3/q+1. The van der Waals surface area contributed by atoms with Crippen molar-refractivity contribution in [2.24, 2.45) is 10.1 Å². The molecule has 0 saturated carbocycles. The first-order valence-electron chi connectivity index (χ1n) is 9.96. The van der Waals surface area contributed by atoms with Gasteiger partial charge in [0.05, 0.1) is 11.2 Å². The first-order valence-corrected chi connectivity index (χ1v) is 10.7. The van der Waals surface area contributed by atoms with Crippen LogP contribution in [0.15, 0.2) is 52.5 Å². The average Bonchev–Trinajstić information content (AvgIpc) is 3.01. The van der Waals surface area contributed by atoms with Gasteiger partial charge < -0.3 is 0 Å². The lowest BCUT2D eigenvalue weighted by atomic mass is 9.93. The van der Waals surface area contributed by atoms with Crippen LogP contribution in [0.25, 0.3) is 0 Å². The third kappa shape index (κ3) is 3.33. The van der Waals surface area contributed by atoms with Crippen molar-refractivity contribution in [1.82, 2.24) is 5.01 Å². The van der Waals surface area contributed by atoms with Crippen LogP contribution in [0.4, 0.5) is 0 Å². The zero-order valence-electron chi connectivity index (χ0n) is 16.5. The van der Waals surface area contributed by atoms with Crippen LogP contribution in [-0.2, 0) is 0 Å². The Kier molecular flexibility index (Phi) is 5.44. The molecule has 4 rings (SSSR count). The molecule has 0 aliphatic carbocycles. The second kappa shape index (κ2) is 7.84. The maximum atomic E-state index is 6.49. The van der Waals surface area contributed by atoms with Crippen LogP contribution in [0.2, 0.25) is 10.0 Å². The molecule has 0 bridgehead atoms. The lowest BCUT2D eigenvalue weighted by Crippen LogP contribution is -2.48. The predicted molar refractivity (Wildman–Crippen MR) is 118 cm³/mol. The van der Waals surface area contributed by atoms with E-state index in [4.69, 9.17) is 33.3 Å². The minimum absolute atomic E-state index is 0.00616. The summed E-state index contributed by atoms with van der Waals surface area (Å²) in [6, 6.07) is 6.04. The van der Waals surface area contributed by atoms with Gasteiger partial charge in [0.1, 0.15) is 11.4 Å². The lowest BCUT2D eigenvalue weighted by molar-refractivity contribution is -0.506. The molecular formula is C22H25Cl2N4+. The van der Waals surface area contributed by atoms with Crippen molar-refractivity contribution in [3.8, 4) is 0 Å². The van der Waals surface area contributed by atoms with E-state index in [0.717, 1.165) is 22.7 Å². The Bertz CT molecular complexity index is 949. The fraction of sp³-hybridized carbons (Fsp3) is 0.409. The number of aliphatic imine (C=N–C) groups is 1. The number of nitrogens with zero attached hydrogens (tertiary/aromatic N) is 4. The number of hydrogen-bond acceptors (Lipinski definition) is 3. The zero-order valence-corrected chi connectivity index (χ0v) is 18.0. The molecule has 28 heavy (non-hydrogen) atoms. The minimum Gasteiger partial charge on any atom is -0.253 e. The normalized spacial score (nSPS) is 20.4. The Morgan fingerprint density at radius 2 is 1.93 bits per heavy atom. The van der Waals surface area contributed by atoms with Gasteiger partial charge in [0, 0.05) is 35.2 Å². The number of hydrazone groups is 1. The van der Waals surface area contributed by atoms with Crippen LogP contribution >= 0.6 is 23.2 Å². The molecule has 1 aromatic rings. The summed E-state index contributed by atoms with van der Waals surface area (Å²) in [7, 11) is 0. The van der Waals surface area contributed by atoms with Gasteiger partial charge in [0.15, 0.2) is 18.3 Å². The van der Waals surface area contributed by atoms with Crippen molar-refractivity contribution in [1.29, 1.82) is 0 Å². The Labute approximate surface area is 176 Å². The smallest absolute Gasteiger partial charge is 0.214 e. The molecule has 3 aliphatic heterocycles. The second-order valence-corrected chi connectivity index (χ2v) is 8.34. The van der Waals surface area contributed by atoms with Crippen molar-refractivity contribution in [3.63, 3.8) is 0 Å². The first kappa shape index (κ1) is 19.4. The van der Waals surface area contributed by atoms with Gasteiger partial charge in [-0.1, -0.05) is 37.0 Å². The number of benzene rings is 1. The molecule has 3 aliphatic rings. The van der Waals surface area contributed by atoms with Crippen LogP contribution in [0.1, 0.15) is 52.0 Å². The van der Waals surface area contributed by atoms with Gasteiger partial charge in [-0.05, 0) is 38.0 Å². The van der Waals surface area contributed by atoms with E-state index in [1.165, 1.54) is 31.4 Å². The molecule has 4 nitrogen and oxygen atoms in total. The van der Waals surface area contributed by atoms with Crippen LogP contribution in [0.5, 0.6) is 0 Å². The Balaban J connectivity index is 1.80. The molecule has 146 valence electrons. The Hall–Kier alpha value is -1.91. The molecule has 0 aromatic heterocycles. The molecule has 0 spiro atoms. The van der Waals surface area contributed by atoms with Crippen molar-refractivity contribution in [2.75, 3.05) is 0 Å². The molecule has 3 heterocycles. The fourth-order valence-corrected chi connectivity index (χ4v) is 4.74. The number of halogens is 2. The topological polar surface area (TPSA) is 31.0 Å². The summed E-state index contributed by atoms with van der Waals surface area (Å²) in [6.45, 7) is 6.55. The van der Waals surface area contributed by atoms with E-state index in [-0.39, 0.29) is 6.04 Å². The molecule has 0 amide bonds. The number of rotatable bonds is 6. The Morgan fingerprint density at radius 3 is 2.61 bits per heavy atom. The molecule has 0 radical (unpaired) electrons. The molecule has 6 heteroatoms. The first-order chi connectivity index (χ1) is 13.5. The van der Waals surface area contributed by atoms with Crippen LogP contribution in [-0.4, -0.2) is 38.8 Å². The summed E-state index contributed by atoms with van der Waals surface area (Å²) in [5, 5.41) is 8.07. The van der Waals surface area contributed by atoms with Gasteiger partial charge in [-0.3, -0.25) is 4.99 Å². The summed E-state index contributed by atoms with van der Waals surface area (Å²) in [4.78, 5) is 4.87. The maximum absolute atomic E-state index is 6.49. The molecule has 1 unspecified atom stereocenters. The summed E-state index contributed by atoms with van der Waals surface area (Å²) < 4.78 is 2.44. The van der Waals surface area contributed by atoms with Gasteiger partial charge in [-0.15, -0.1) is 0 Å². The van der Waals surface area contributed by atoms with E-state index < -0.39 is 0 Å². The van der Waals surface area contributed by atoms with Crippen LogP contribution in [0, 0.1) is 0 Å². The third-order valence-corrected chi connectivity index (χ3v) is 5.96. The predicted octanol–water partition coefficient (Wildman–Crippen LogP) is 5.65. The zero-order chi connectivity index (χ0) is 19.8. The van der Waals surface area contributed by atoms with Gasteiger partial charge in [0.2, 0.25) is 5.71 Å². The monoisotopic (exact) mass is 415 g/mol. The van der Waals surface area contributed by atoms with Crippen LogP contribution < -0.4 is 0 Å². The highest BCUT2D eigenvalue weighted by Crippen LogP contribution is 2.31. The van der Waals surface area contributed by atoms with Crippen molar-refractivity contribution in [2.45, 2.75) is 58.5 Å². The Morgan fingerprint density at radius 1 is 1.18 bits per heavy atom. The van der Waals surface area contributed by atoms with Gasteiger partial charge >= 0.3 is 0 Å². The summed E-state index contributed by atoms with van der Waals surface area (Å²) in [6.07, 6.45) is 11.1. The highest BCUT2D eigenvalue weighted by Gasteiger charge is 2.46. The molecular weight excluding hydrogens is 391 g/mol. The van der Waals surface area contributed by atoms with Gasteiger partial charge in [0.25, 0.3) is 0 Å². The molecule has 1 atom stereocenters. The minimum atomic E-state index is 0.00616. The summed E-state index contributed by atoms with van der Waals surface area (Å²) in [5.41, 5.74) is 4.89. The second-order valence-electron chi connectivity index (χ2n) is 7.50. The van der Waals surface area contributed by atoms with E-state index in [2.05, 4.69) is 36.9 Å². The van der Waals surface area contributed by atoms with E-state index in [1.807, 2.05) is 24.1 Å². The van der Waals surface area contributed by atoms with E-state index in [9.17, 15) is 0 Å². The highest BCUT2D eigenvalue weighted by atomic mass is 35.5. The lowest BCUT2D eigenvalue weighted by Gasteiger charge is -2.27. The molecule has 0 N–H and O–H groups in total. The number of hydrogen-bond donors (Lipinski definition) is 0. The number of allylic oxidation sites excluding steroid dienone is 1. The van der Waals surface area contributed by atoms with E-state index in [1.54, 1.807) is 6.07 Å². The summed E-state index contributed by atoms with van der Waals surface area (Å²) >= 11 is 12.6. The van der Waals surface area contributed by atoms with Crippen molar-refractivity contribution in [3.05, 3.63) is 58.0 Å². The molecule has 1 aromatic carbocycles. The SMILES string of the molecule is CCCC(CCC)[N+]1=C2C=C(C)N=C3C(c4ccc(Cl)cc4Cl)=NN(C=C1)C32. The molecule has 0 fully saturated rings. The fourth-order valence-electron chi connectivity index (χ4n) is 4.24. The molecule has 0 saturated heterocycles. The highest BCUT2D eigenvalue weighted by molar-refractivity contribution is 6.57. The average molecular weight is 416 g/mol. The maximum Gasteiger partial charge on any atom is 0.214 e. The van der Waals surface area contributed by atoms with E-state index in [0.29, 0.717) is 16.1 Å². The largest absolute Gasteiger partial charge is 0.253 e. The van der Waals surface area contributed by atoms with Gasteiger partial charge in [-0.2, -0.15) is 9.68 Å². The van der Waals surface area contributed by atoms with Crippen LogP contribution in [0.3, 0.4) is 0 Å². The van der Waals surface area contributed by atoms with E-state index >= 15 is 0 Å². The summed E-state index contributed by atoms with van der Waals surface area (Å²) in [5.74, 6) is 0. The quantitative estimate of drug-likeness (QED) is 0.552. The van der Waals surface area contributed by atoms with Gasteiger partial charge in [-0.25, -0.2) is 5.01 Å². The third-order valence-electron chi connectivity index (χ3n) is 5.42. The van der Waals surface area contributed by atoms with Crippen molar-refractivity contribution < 1.29 is 4.58 Å².